The third-order valence-corrected chi connectivity index (χ3v) is 2.44. The molecule has 0 fully saturated rings. The molecular formula is C11H14N6O. The Morgan fingerprint density at radius 2 is 2.33 bits per heavy atom. The van der Waals surface area contributed by atoms with E-state index in [1.54, 1.807) is 12.5 Å². The minimum Gasteiger partial charge on any atom is -0.384 e. The average Bonchev–Trinajstić information content (AvgIpc) is 2.84. The Kier molecular flexibility index (Phi) is 3.42. The number of carbonyl (C=O) groups excluding carboxylic acids is 1. The molecule has 1 amide bonds. The van der Waals surface area contributed by atoms with E-state index in [9.17, 15) is 4.79 Å². The molecule has 2 rings (SSSR count). The first kappa shape index (κ1) is 11.9. The molecule has 0 bridgehead atoms. The molecule has 0 saturated heterocycles. The van der Waals surface area contributed by atoms with Crippen LogP contribution in [-0.2, 0) is 6.54 Å². The molecule has 0 aliphatic carbocycles. The summed E-state index contributed by atoms with van der Waals surface area (Å²) >= 11 is 0. The summed E-state index contributed by atoms with van der Waals surface area (Å²) in [5.41, 5.74) is 11.7. The smallest absolute Gasteiger partial charge is 0.250 e. The summed E-state index contributed by atoms with van der Waals surface area (Å²) in [5, 5.41) is 3.09. The molecule has 0 aromatic carbocycles. The first-order valence-corrected chi connectivity index (χ1v) is 5.42. The van der Waals surface area contributed by atoms with Gasteiger partial charge in [-0.05, 0) is 6.07 Å². The minimum atomic E-state index is -0.533. The number of hydrogen-bond donors (Lipinski definition) is 3. The molecule has 2 aromatic heterocycles. The van der Waals surface area contributed by atoms with Gasteiger partial charge in [0.2, 0.25) is 0 Å². The molecule has 94 valence electrons. The van der Waals surface area contributed by atoms with Crippen LogP contribution in [0.3, 0.4) is 0 Å². The van der Waals surface area contributed by atoms with Crippen molar-refractivity contribution in [3.05, 3.63) is 36.5 Å². The van der Waals surface area contributed by atoms with Crippen molar-refractivity contribution in [2.24, 2.45) is 5.73 Å². The second-order valence-electron chi connectivity index (χ2n) is 3.75. The molecule has 2 heterocycles. The number of pyridine rings is 1. The molecule has 0 aliphatic heterocycles. The van der Waals surface area contributed by atoms with Crippen molar-refractivity contribution in [2.45, 2.75) is 6.54 Å². The van der Waals surface area contributed by atoms with E-state index < -0.39 is 5.91 Å². The number of rotatable bonds is 5. The quantitative estimate of drug-likeness (QED) is 0.691. The number of nitrogens with zero attached hydrogens (tertiary/aromatic N) is 3. The maximum absolute atomic E-state index is 11.2. The van der Waals surface area contributed by atoms with Crippen LogP contribution in [0.1, 0.15) is 10.4 Å². The third-order valence-electron chi connectivity index (χ3n) is 2.44. The Balaban J connectivity index is 2.02. The summed E-state index contributed by atoms with van der Waals surface area (Å²) in [7, 11) is 0. The van der Waals surface area contributed by atoms with Crippen molar-refractivity contribution in [2.75, 3.05) is 17.6 Å². The predicted molar refractivity (Wildman–Crippen MR) is 67.9 cm³/mol. The van der Waals surface area contributed by atoms with E-state index in [-0.39, 0.29) is 5.82 Å². The lowest BCUT2D eigenvalue weighted by molar-refractivity contribution is 0.100. The molecule has 0 atom stereocenters. The van der Waals surface area contributed by atoms with Gasteiger partial charge in [0, 0.05) is 25.5 Å². The van der Waals surface area contributed by atoms with Gasteiger partial charge in [0.05, 0.1) is 23.8 Å². The normalized spacial score (nSPS) is 10.2. The minimum absolute atomic E-state index is 0.268. The summed E-state index contributed by atoms with van der Waals surface area (Å²) in [6, 6.07) is 1.46. The van der Waals surface area contributed by atoms with Crippen LogP contribution in [0.4, 0.5) is 11.5 Å². The predicted octanol–water partition coefficient (Wildman–Crippen LogP) is 0.0713. The molecule has 2 aromatic rings. The van der Waals surface area contributed by atoms with E-state index in [1.165, 1.54) is 12.3 Å². The van der Waals surface area contributed by atoms with Crippen LogP contribution < -0.4 is 16.8 Å². The van der Waals surface area contributed by atoms with Gasteiger partial charge in [0.15, 0.2) is 0 Å². The zero-order valence-corrected chi connectivity index (χ0v) is 9.71. The molecule has 0 radical (unpaired) electrons. The van der Waals surface area contributed by atoms with Gasteiger partial charge in [-0.15, -0.1) is 0 Å². The average molecular weight is 246 g/mol. The number of aromatic nitrogens is 3. The molecule has 0 spiro atoms. The van der Waals surface area contributed by atoms with E-state index >= 15 is 0 Å². The fourth-order valence-corrected chi connectivity index (χ4v) is 1.55. The van der Waals surface area contributed by atoms with Crippen LogP contribution in [0, 0.1) is 0 Å². The Morgan fingerprint density at radius 3 is 3.00 bits per heavy atom. The topological polar surface area (TPSA) is 112 Å². The van der Waals surface area contributed by atoms with Crippen LogP contribution in [0.2, 0.25) is 0 Å². The number of anilines is 2. The van der Waals surface area contributed by atoms with E-state index in [0.29, 0.717) is 17.8 Å². The maximum atomic E-state index is 11.2. The summed E-state index contributed by atoms with van der Waals surface area (Å²) in [6.45, 7) is 1.35. The number of amides is 1. The van der Waals surface area contributed by atoms with E-state index in [1.807, 2.05) is 10.8 Å². The van der Waals surface area contributed by atoms with Crippen molar-refractivity contribution < 1.29 is 4.79 Å². The number of nitrogens with one attached hydrogen (secondary N) is 1. The monoisotopic (exact) mass is 246 g/mol. The zero-order chi connectivity index (χ0) is 13.0. The van der Waals surface area contributed by atoms with Crippen molar-refractivity contribution in [3.63, 3.8) is 0 Å². The Bertz CT molecular complexity index is 536. The van der Waals surface area contributed by atoms with E-state index in [0.717, 1.165) is 6.54 Å². The SMILES string of the molecule is NC(=O)c1cc(N)ncc1NCCn1ccnc1. The van der Waals surface area contributed by atoms with Crippen LogP contribution in [-0.4, -0.2) is 27.0 Å². The summed E-state index contributed by atoms with van der Waals surface area (Å²) in [6.07, 6.45) is 6.79. The van der Waals surface area contributed by atoms with Crippen molar-refractivity contribution in [1.29, 1.82) is 0 Å². The number of primary amides is 1. The maximum Gasteiger partial charge on any atom is 0.250 e. The number of nitrogens with two attached hydrogens (primary N) is 2. The standard InChI is InChI=1S/C11H14N6O/c12-10-5-8(11(13)18)9(6-16-10)15-2-4-17-3-1-14-7-17/h1,3,5-7,15H,2,4H2,(H2,12,16)(H2,13,18). The largest absolute Gasteiger partial charge is 0.384 e. The zero-order valence-electron chi connectivity index (χ0n) is 9.71. The number of carbonyl (C=O) groups is 1. The summed E-state index contributed by atoms with van der Waals surface area (Å²) < 4.78 is 1.92. The second kappa shape index (κ2) is 5.17. The van der Waals surface area contributed by atoms with Crippen molar-refractivity contribution in [1.82, 2.24) is 14.5 Å². The van der Waals surface area contributed by atoms with Gasteiger partial charge in [0.25, 0.3) is 5.91 Å². The molecule has 5 N–H and O–H groups in total. The first-order valence-electron chi connectivity index (χ1n) is 5.42. The van der Waals surface area contributed by atoms with E-state index in [4.69, 9.17) is 11.5 Å². The fraction of sp³-hybridized carbons (Fsp3) is 0.182. The molecule has 7 heteroatoms. The lowest BCUT2D eigenvalue weighted by atomic mass is 10.2. The molecule has 7 nitrogen and oxygen atoms in total. The highest BCUT2D eigenvalue weighted by Crippen LogP contribution is 2.15. The second-order valence-corrected chi connectivity index (χ2v) is 3.75. The van der Waals surface area contributed by atoms with Crippen molar-refractivity contribution >= 4 is 17.4 Å². The van der Waals surface area contributed by atoms with Gasteiger partial charge < -0.3 is 21.4 Å². The van der Waals surface area contributed by atoms with Gasteiger partial charge in [-0.2, -0.15) is 0 Å². The van der Waals surface area contributed by atoms with Crippen molar-refractivity contribution in [3.8, 4) is 0 Å². The molecule has 0 aliphatic rings. The third kappa shape index (κ3) is 2.76. The van der Waals surface area contributed by atoms with E-state index in [2.05, 4.69) is 15.3 Å². The fourth-order valence-electron chi connectivity index (χ4n) is 1.55. The molecule has 18 heavy (non-hydrogen) atoms. The Labute approximate surface area is 104 Å². The van der Waals surface area contributed by atoms with Crippen LogP contribution in [0.15, 0.2) is 31.0 Å². The summed E-state index contributed by atoms with van der Waals surface area (Å²) in [5.74, 6) is -0.266. The number of imidazole rings is 1. The molecule has 0 saturated carbocycles. The Hall–Kier alpha value is -2.57. The highest BCUT2D eigenvalue weighted by atomic mass is 16.1. The van der Waals surface area contributed by atoms with Crippen LogP contribution in [0.25, 0.3) is 0 Å². The lowest BCUT2D eigenvalue weighted by Crippen LogP contribution is -2.17. The summed E-state index contributed by atoms with van der Waals surface area (Å²) in [4.78, 5) is 19.1. The number of hydrogen-bond acceptors (Lipinski definition) is 5. The Morgan fingerprint density at radius 1 is 1.50 bits per heavy atom. The molecule has 0 unspecified atom stereocenters. The number of nitrogen functional groups attached to an aromatic ring is 1. The lowest BCUT2D eigenvalue weighted by Gasteiger charge is -2.10. The highest BCUT2D eigenvalue weighted by molar-refractivity contribution is 5.98. The van der Waals surface area contributed by atoms with Gasteiger partial charge in [-0.1, -0.05) is 0 Å². The van der Waals surface area contributed by atoms with Gasteiger partial charge in [-0.3, -0.25) is 4.79 Å². The van der Waals surface area contributed by atoms with Crippen LogP contribution in [0.5, 0.6) is 0 Å². The molecular weight excluding hydrogens is 232 g/mol. The van der Waals surface area contributed by atoms with Gasteiger partial charge in [0.1, 0.15) is 5.82 Å². The highest BCUT2D eigenvalue weighted by Gasteiger charge is 2.08. The van der Waals surface area contributed by atoms with Gasteiger partial charge in [-0.25, -0.2) is 9.97 Å². The van der Waals surface area contributed by atoms with Crippen LogP contribution >= 0.6 is 0 Å². The first-order chi connectivity index (χ1) is 8.66. The van der Waals surface area contributed by atoms with Gasteiger partial charge >= 0.3 is 0 Å².